The molecule has 8 heteroatoms. The van der Waals surface area contributed by atoms with Gasteiger partial charge in [0.1, 0.15) is 5.52 Å². The van der Waals surface area contributed by atoms with Crippen molar-refractivity contribution < 1.29 is 9.90 Å². The van der Waals surface area contributed by atoms with Gasteiger partial charge in [0.25, 0.3) is 0 Å². The molecule has 0 radical (unpaired) electrons. The average molecular weight is 386 g/mol. The first-order valence-electron chi connectivity index (χ1n) is 9.40. The summed E-state index contributed by atoms with van der Waals surface area (Å²) in [4.78, 5) is 29.2. The van der Waals surface area contributed by atoms with Crippen LogP contribution in [0.3, 0.4) is 0 Å². The number of carboxylic acid groups (broad SMARTS) is 1. The number of carboxylic acids is 1. The topological polar surface area (TPSA) is 113 Å². The molecule has 0 saturated heterocycles. The van der Waals surface area contributed by atoms with E-state index in [4.69, 9.17) is 4.98 Å². The fourth-order valence-corrected chi connectivity index (χ4v) is 3.21. The highest BCUT2D eigenvalue weighted by Crippen LogP contribution is 2.32. The van der Waals surface area contributed by atoms with E-state index in [2.05, 4.69) is 25.6 Å². The predicted molar refractivity (Wildman–Crippen MR) is 110 cm³/mol. The number of nitrogens with one attached hydrogen (secondary N) is 2. The van der Waals surface area contributed by atoms with Gasteiger partial charge in [-0.3, -0.25) is 4.98 Å². The van der Waals surface area contributed by atoms with Crippen LogP contribution >= 0.6 is 0 Å². The minimum atomic E-state index is -0.975. The molecule has 0 spiro atoms. The second-order valence-electron chi connectivity index (χ2n) is 7.08. The fourth-order valence-electron chi connectivity index (χ4n) is 3.21. The molecule has 3 heterocycles. The van der Waals surface area contributed by atoms with E-state index in [1.165, 1.54) is 0 Å². The van der Waals surface area contributed by atoms with Crippen molar-refractivity contribution in [1.82, 2.24) is 19.9 Å². The van der Waals surface area contributed by atoms with E-state index in [-0.39, 0.29) is 5.56 Å². The Bertz CT molecular complexity index is 1220. The third-order valence-electron chi connectivity index (χ3n) is 4.90. The summed E-state index contributed by atoms with van der Waals surface area (Å²) < 4.78 is 0. The maximum absolute atomic E-state index is 11.3. The maximum atomic E-state index is 11.3. The Hall–Kier alpha value is -3.81. The molecule has 3 aromatic heterocycles. The van der Waals surface area contributed by atoms with Crippen molar-refractivity contribution in [2.45, 2.75) is 25.4 Å². The summed E-state index contributed by atoms with van der Waals surface area (Å²) in [5, 5.41) is 17.6. The lowest BCUT2D eigenvalue weighted by molar-refractivity contribution is 0.0697. The first kappa shape index (κ1) is 17.3. The zero-order valence-corrected chi connectivity index (χ0v) is 15.5. The number of pyridine rings is 2. The van der Waals surface area contributed by atoms with Crippen LogP contribution in [-0.4, -0.2) is 37.1 Å². The van der Waals surface area contributed by atoms with Gasteiger partial charge in [0, 0.05) is 41.9 Å². The molecule has 8 nitrogen and oxygen atoms in total. The Balaban J connectivity index is 1.58. The number of aromatic carboxylic acids is 1. The molecular weight excluding hydrogens is 368 g/mol. The molecule has 4 aromatic rings. The molecule has 5 rings (SSSR count). The number of fused-ring (bicyclic) bond motifs is 3. The summed E-state index contributed by atoms with van der Waals surface area (Å²) in [5.41, 5.74) is 2.62. The van der Waals surface area contributed by atoms with E-state index < -0.39 is 5.97 Å². The fraction of sp³-hybridized carbons (Fsp3) is 0.190. The van der Waals surface area contributed by atoms with E-state index in [0.717, 1.165) is 34.7 Å². The van der Waals surface area contributed by atoms with Crippen molar-refractivity contribution in [3.05, 3.63) is 60.0 Å². The molecule has 0 atom stereocenters. The van der Waals surface area contributed by atoms with Gasteiger partial charge in [0.05, 0.1) is 11.1 Å². The Morgan fingerprint density at radius 2 is 1.93 bits per heavy atom. The largest absolute Gasteiger partial charge is 0.478 e. The minimum Gasteiger partial charge on any atom is -0.478 e. The highest BCUT2D eigenvalue weighted by atomic mass is 16.4. The second-order valence-corrected chi connectivity index (χ2v) is 7.08. The normalized spacial score (nSPS) is 13.5. The van der Waals surface area contributed by atoms with Gasteiger partial charge in [-0.15, -0.1) is 0 Å². The summed E-state index contributed by atoms with van der Waals surface area (Å²) in [7, 11) is 0. The molecule has 3 N–H and O–H groups in total. The summed E-state index contributed by atoms with van der Waals surface area (Å²) in [6, 6.07) is 9.18. The van der Waals surface area contributed by atoms with Gasteiger partial charge in [-0.25, -0.2) is 19.7 Å². The molecule has 1 aliphatic rings. The summed E-state index contributed by atoms with van der Waals surface area (Å²) in [6.45, 7) is 0.586. The Kier molecular flexibility index (Phi) is 4.16. The number of benzene rings is 1. The van der Waals surface area contributed by atoms with Crippen molar-refractivity contribution >= 4 is 39.5 Å². The monoisotopic (exact) mass is 386 g/mol. The van der Waals surface area contributed by atoms with Crippen LogP contribution in [-0.2, 0) is 6.54 Å². The number of hydrogen-bond acceptors (Lipinski definition) is 7. The molecule has 0 amide bonds. The first-order chi connectivity index (χ1) is 14.2. The number of hydrogen-bond donors (Lipinski definition) is 3. The van der Waals surface area contributed by atoms with Crippen LogP contribution in [0.2, 0.25) is 0 Å². The molecule has 0 aliphatic heterocycles. The first-order valence-corrected chi connectivity index (χ1v) is 9.40. The van der Waals surface area contributed by atoms with Crippen LogP contribution in [0.1, 0.15) is 28.8 Å². The highest BCUT2D eigenvalue weighted by molar-refractivity contribution is 6.09. The number of nitrogens with zero attached hydrogens (tertiary/aromatic N) is 4. The van der Waals surface area contributed by atoms with Crippen LogP contribution in [0.5, 0.6) is 0 Å². The van der Waals surface area contributed by atoms with Crippen LogP contribution in [0.25, 0.3) is 21.8 Å². The van der Waals surface area contributed by atoms with E-state index in [1.54, 1.807) is 36.8 Å². The zero-order valence-electron chi connectivity index (χ0n) is 15.5. The quantitative estimate of drug-likeness (QED) is 0.432. The standard InChI is InChI=1S/C21H18N6O2/c28-20(29)13-1-4-15-16-11-24-21(23-10-12-5-7-22-8-6-12)27-18(16)19(25-14-2-3-14)26-17(15)9-13/h1,4-9,11,14H,2-3,10H2,(H,25,26)(H,28,29)(H,23,24,27). The van der Waals surface area contributed by atoms with Crippen molar-refractivity contribution in [2.75, 3.05) is 10.6 Å². The average Bonchev–Trinajstić information content (AvgIpc) is 3.56. The number of rotatable bonds is 6. The summed E-state index contributed by atoms with van der Waals surface area (Å²) >= 11 is 0. The lowest BCUT2D eigenvalue weighted by Gasteiger charge is -2.12. The SMILES string of the molecule is O=C(O)c1ccc2c(c1)nc(NC1CC1)c1nc(NCc3ccncc3)ncc12. The lowest BCUT2D eigenvalue weighted by Crippen LogP contribution is -2.08. The smallest absolute Gasteiger partial charge is 0.335 e. The second kappa shape index (κ2) is 6.97. The Labute approximate surface area is 166 Å². The third kappa shape index (κ3) is 3.52. The van der Waals surface area contributed by atoms with Gasteiger partial charge in [0.15, 0.2) is 5.82 Å². The number of aromatic nitrogens is 4. The summed E-state index contributed by atoms with van der Waals surface area (Å²) in [6.07, 6.45) is 7.44. The third-order valence-corrected chi connectivity index (χ3v) is 4.90. The molecule has 0 unspecified atom stereocenters. The van der Waals surface area contributed by atoms with Crippen LogP contribution < -0.4 is 10.6 Å². The van der Waals surface area contributed by atoms with Gasteiger partial charge in [0.2, 0.25) is 5.95 Å². The molecule has 1 aliphatic carbocycles. The van der Waals surface area contributed by atoms with Crippen molar-refractivity contribution in [2.24, 2.45) is 0 Å². The van der Waals surface area contributed by atoms with Crippen molar-refractivity contribution in [3.8, 4) is 0 Å². The maximum Gasteiger partial charge on any atom is 0.335 e. The molecule has 1 saturated carbocycles. The predicted octanol–water partition coefficient (Wildman–Crippen LogP) is 3.46. The number of carbonyl (C=O) groups is 1. The van der Waals surface area contributed by atoms with E-state index in [9.17, 15) is 9.90 Å². The van der Waals surface area contributed by atoms with Crippen molar-refractivity contribution in [1.29, 1.82) is 0 Å². The highest BCUT2D eigenvalue weighted by Gasteiger charge is 2.23. The van der Waals surface area contributed by atoms with E-state index >= 15 is 0 Å². The molecular formula is C21H18N6O2. The van der Waals surface area contributed by atoms with Crippen LogP contribution in [0, 0.1) is 0 Å². The minimum absolute atomic E-state index is 0.207. The number of anilines is 2. The zero-order chi connectivity index (χ0) is 19.8. The molecule has 1 fully saturated rings. The summed E-state index contributed by atoms with van der Waals surface area (Å²) in [5.74, 6) is 0.195. The van der Waals surface area contributed by atoms with Crippen molar-refractivity contribution in [3.63, 3.8) is 0 Å². The van der Waals surface area contributed by atoms with Gasteiger partial charge < -0.3 is 15.7 Å². The van der Waals surface area contributed by atoms with Gasteiger partial charge >= 0.3 is 5.97 Å². The van der Waals surface area contributed by atoms with Gasteiger partial charge in [-0.1, -0.05) is 6.07 Å². The molecule has 1 aromatic carbocycles. The molecule has 0 bridgehead atoms. The van der Waals surface area contributed by atoms with Crippen LogP contribution in [0.4, 0.5) is 11.8 Å². The Morgan fingerprint density at radius 1 is 1.10 bits per heavy atom. The lowest BCUT2D eigenvalue weighted by atomic mass is 10.1. The van der Waals surface area contributed by atoms with E-state index in [1.807, 2.05) is 12.1 Å². The Morgan fingerprint density at radius 3 is 2.69 bits per heavy atom. The molecule has 29 heavy (non-hydrogen) atoms. The van der Waals surface area contributed by atoms with Gasteiger partial charge in [-0.2, -0.15) is 0 Å². The van der Waals surface area contributed by atoms with E-state index in [0.29, 0.717) is 29.9 Å². The van der Waals surface area contributed by atoms with Crippen LogP contribution in [0.15, 0.2) is 48.9 Å². The van der Waals surface area contributed by atoms with Gasteiger partial charge in [-0.05, 0) is 42.7 Å². The molecule has 144 valence electrons.